The van der Waals surface area contributed by atoms with Crippen LogP contribution >= 0.6 is 7.37 Å². The molecule has 1 aromatic rings. The van der Waals surface area contributed by atoms with E-state index in [9.17, 15) is 23.8 Å². The minimum atomic E-state index is -3.61. The highest BCUT2D eigenvalue weighted by Gasteiger charge is 2.24. The van der Waals surface area contributed by atoms with Crippen molar-refractivity contribution >= 4 is 25.3 Å². The summed E-state index contributed by atoms with van der Waals surface area (Å²) in [6, 6.07) is 7.33. The number of nitrogens with one attached hydrogen (secondary N) is 2. The van der Waals surface area contributed by atoms with Crippen LogP contribution in [0.3, 0.4) is 0 Å². The zero-order valence-corrected chi connectivity index (χ0v) is 20.2. The van der Waals surface area contributed by atoms with Gasteiger partial charge in [0.05, 0.1) is 32.1 Å². The van der Waals surface area contributed by atoms with E-state index in [1.54, 1.807) is 21.9 Å². The van der Waals surface area contributed by atoms with Crippen molar-refractivity contribution in [2.75, 3.05) is 65.2 Å². The third kappa shape index (κ3) is 14.7. The predicted octanol–water partition coefficient (Wildman–Crippen LogP) is -0.240. The van der Waals surface area contributed by atoms with E-state index in [4.69, 9.17) is 15.3 Å². The summed E-state index contributed by atoms with van der Waals surface area (Å²) >= 11 is 0. The van der Waals surface area contributed by atoms with Crippen LogP contribution in [0.15, 0.2) is 24.3 Å². The number of aliphatic carboxylic acids is 3. The Morgan fingerprint density at radius 1 is 0.824 bits per heavy atom. The second-order valence-corrected chi connectivity index (χ2v) is 10.4. The number of carboxylic acid groups (broad SMARTS) is 3. The van der Waals surface area contributed by atoms with Gasteiger partial charge in [0.2, 0.25) is 7.37 Å². The van der Waals surface area contributed by atoms with Gasteiger partial charge in [0.25, 0.3) is 0 Å². The third-order valence-corrected chi connectivity index (χ3v) is 6.53. The minimum Gasteiger partial charge on any atom is -0.480 e. The van der Waals surface area contributed by atoms with Gasteiger partial charge in [-0.25, -0.2) is 0 Å². The van der Waals surface area contributed by atoms with Gasteiger partial charge in [0.15, 0.2) is 0 Å². The molecule has 192 valence electrons. The standard InChI is InChI=1S/C21H35N4O8P/c1-17-2-4-18(5-3-17)15-34(32,33)16-25(9-7-23-13-20(28)29)11-10-24(14-21(30)31)8-6-22-12-19(26)27/h2-5,22-23H,6-16H2,1H3,(H,26,27)(H,28,29)(H,30,31)(H,32,33). The SMILES string of the molecule is Cc1ccc(CP(=O)(O)CN(CCNCC(=O)O)CCN(CCNCC(=O)O)CC(=O)O)cc1. The van der Waals surface area contributed by atoms with E-state index < -0.39 is 25.3 Å². The summed E-state index contributed by atoms with van der Waals surface area (Å²) in [5.74, 6) is -3.07. The van der Waals surface area contributed by atoms with E-state index in [1.165, 1.54) is 0 Å². The number of aryl methyl sites for hydroxylation is 1. The van der Waals surface area contributed by atoms with E-state index in [-0.39, 0.29) is 64.8 Å². The molecular weight excluding hydrogens is 467 g/mol. The number of hydrogen-bond acceptors (Lipinski definition) is 8. The number of nitrogens with zero attached hydrogens (tertiary/aromatic N) is 2. The number of carboxylic acids is 3. The molecule has 1 aromatic carbocycles. The van der Waals surface area contributed by atoms with Crippen LogP contribution in [-0.2, 0) is 25.1 Å². The fourth-order valence-electron chi connectivity index (χ4n) is 3.20. The average Bonchev–Trinajstić information content (AvgIpc) is 2.72. The molecule has 0 heterocycles. The van der Waals surface area contributed by atoms with Gasteiger partial charge in [-0.3, -0.25) is 28.7 Å². The summed E-state index contributed by atoms with van der Waals surface area (Å²) in [5, 5.41) is 32.1. The summed E-state index contributed by atoms with van der Waals surface area (Å²) in [6.07, 6.45) is -0.141. The molecule has 0 radical (unpaired) electrons. The van der Waals surface area contributed by atoms with E-state index in [0.717, 1.165) is 11.1 Å². The highest BCUT2D eigenvalue weighted by atomic mass is 31.2. The van der Waals surface area contributed by atoms with Crippen molar-refractivity contribution in [3.05, 3.63) is 35.4 Å². The molecule has 0 bridgehead atoms. The van der Waals surface area contributed by atoms with Gasteiger partial charge in [0, 0.05) is 39.3 Å². The maximum Gasteiger partial charge on any atom is 0.317 e. The summed E-state index contributed by atoms with van der Waals surface area (Å²) in [6.45, 7) is 2.85. The van der Waals surface area contributed by atoms with E-state index in [2.05, 4.69) is 10.6 Å². The molecule has 0 saturated heterocycles. The number of benzene rings is 1. The fraction of sp³-hybridized carbons (Fsp3) is 0.571. The fourth-order valence-corrected chi connectivity index (χ4v) is 4.99. The highest BCUT2D eigenvalue weighted by molar-refractivity contribution is 7.57. The zero-order chi connectivity index (χ0) is 25.6. The van der Waals surface area contributed by atoms with Gasteiger partial charge < -0.3 is 30.8 Å². The largest absolute Gasteiger partial charge is 0.480 e. The molecule has 0 aliphatic carbocycles. The molecule has 0 aliphatic rings. The summed E-state index contributed by atoms with van der Waals surface area (Å²) in [5.41, 5.74) is 1.77. The summed E-state index contributed by atoms with van der Waals surface area (Å²) in [4.78, 5) is 46.5. The maximum absolute atomic E-state index is 12.9. The average molecular weight is 503 g/mol. The minimum absolute atomic E-state index is 0.00964. The van der Waals surface area contributed by atoms with Crippen LogP contribution in [0.2, 0.25) is 0 Å². The van der Waals surface area contributed by atoms with E-state index in [0.29, 0.717) is 6.54 Å². The van der Waals surface area contributed by atoms with Crippen molar-refractivity contribution in [3.8, 4) is 0 Å². The normalized spacial score (nSPS) is 13.2. The first-order valence-corrected chi connectivity index (χ1v) is 12.9. The van der Waals surface area contributed by atoms with Crippen LogP contribution < -0.4 is 10.6 Å². The molecule has 0 aromatic heterocycles. The van der Waals surface area contributed by atoms with Crippen molar-refractivity contribution in [2.45, 2.75) is 13.1 Å². The molecule has 12 nitrogen and oxygen atoms in total. The van der Waals surface area contributed by atoms with Crippen molar-refractivity contribution in [2.24, 2.45) is 0 Å². The molecule has 1 rings (SSSR count). The lowest BCUT2D eigenvalue weighted by Crippen LogP contribution is -2.43. The van der Waals surface area contributed by atoms with Crippen LogP contribution in [0.1, 0.15) is 11.1 Å². The Kier molecular flexibility index (Phi) is 13.6. The van der Waals surface area contributed by atoms with Crippen LogP contribution in [0.25, 0.3) is 0 Å². The monoisotopic (exact) mass is 502 g/mol. The summed E-state index contributed by atoms with van der Waals surface area (Å²) < 4.78 is 12.9. The van der Waals surface area contributed by atoms with Gasteiger partial charge in [0.1, 0.15) is 0 Å². The predicted molar refractivity (Wildman–Crippen MR) is 126 cm³/mol. The Balaban J connectivity index is 2.75. The van der Waals surface area contributed by atoms with Gasteiger partial charge >= 0.3 is 17.9 Å². The number of rotatable bonds is 19. The molecular formula is C21H35N4O8P. The summed E-state index contributed by atoms with van der Waals surface area (Å²) in [7, 11) is -3.61. The number of hydrogen-bond donors (Lipinski definition) is 6. The molecule has 6 N–H and O–H groups in total. The van der Waals surface area contributed by atoms with Crippen molar-refractivity contribution in [1.29, 1.82) is 0 Å². The first-order chi connectivity index (χ1) is 16.0. The molecule has 0 fully saturated rings. The lowest BCUT2D eigenvalue weighted by atomic mass is 10.2. The molecule has 13 heteroatoms. The van der Waals surface area contributed by atoms with Crippen LogP contribution in [0.4, 0.5) is 0 Å². The second-order valence-electron chi connectivity index (χ2n) is 8.06. The quantitative estimate of drug-likeness (QED) is 0.108. The van der Waals surface area contributed by atoms with E-state index in [1.807, 2.05) is 19.1 Å². The zero-order valence-electron chi connectivity index (χ0n) is 19.4. The second kappa shape index (κ2) is 15.5. The van der Waals surface area contributed by atoms with Crippen LogP contribution in [0.5, 0.6) is 0 Å². The molecule has 0 saturated carbocycles. The number of carbonyl (C=O) groups is 3. The van der Waals surface area contributed by atoms with Gasteiger partial charge in [-0.15, -0.1) is 0 Å². The first-order valence-electron chi connectivity index (χ1n) is 10.8. The van der Waals surface area contributed by atoms with Gasteiger partial charge in [-0.05, 0) is 12.5 Å². The molecule has 0 aliphatic heterocycles. The molecule has 0 spiro atoms. The molecule has 1 atom stereocenters. The molecule has 0 amide bonds. The van der Waals surface area contributed by atoms with Crippen molar-refractivity contribution in [1.82, 2.24) is 20.4 Å². The molecule has 1 unspecified atom stereocenters. The lowest BCUT2D eigenvalue weighted by Gasteiger charge is -2.28. The molecule has 34 heavy (non-hydrogen) atoms. The Morgan fingerprint density at radius 3 is 1.82 bits per heavy atom. The first kappa shape index (κ1) is 29.7. The van der Waals surface area contributed by atoms with E-state index >= 15 is 0 Å². The maximum atomic E-state index is 12.9. The highest BCUT2D eigenvalue weighted by Crippen LogP contribution is 2.44. The van der Waals surface area contributed by atoms with Crippen molar-refractivity contribution < 1.29 is 39.2 Å². The Hall–Kier alpha value is -2.34. The van der Waals surface area contributed by atoms with Gasteiger partial charge in [-0.1, -0.05) is 29.8 Å². The smallest absolute Gasteiger partial charge is 0.317 e. The van der Waals surface area contributed by atoms with Gasteiger partial charge in [-0.2, -0.15) is 0 Å². The van der Waals surface area contributed by atoms with Crippen LogP contribution in [0, 0.1) is 6.92 Å². The lowest BCUT2D eigenvalue weighted by molar-refractivity contribution is -0.139. The Morgan fingerprint density at radius 2 is 1.32 bits per heavy atom. The topological polar surface area (TPSA) is 180 Å². The van der Waals surface area contributed by atoms with Crippen molar-refractivity contribution in [3.63, 3.8) is 0 Å². The van der Waals surface area contributed by atoms with Crippen LogP contribution in [-0.4, -0.2) is 113 Å². The third-order valence-electron chi connectivity index (χ3n) is 4.82. The Bertz CT molecular complexity index is 837. The Labute approximate surface area is 199 Å².